The van der Waals surface area contributed by atoms with Crippen molar-refractivity contribution in [1.82, 2.24) is 14.9 Å². The third-order valence-electron chi connectivity index (χ3n) is 5.27. The first kappa shape index (κ1) is 22.6. The van der Waals surface area contributed by atoms with Crippen LogP contribution in [0.15, 0.2) is 50.1 Å². The van der Waals surface area contributed by atoms with Crippen LogP contribution in [0.1, 0.15) is 22.0 Å². The van der Waals surface area contributed by atoms with Crippen LogP contribution in [-0.2, 0) is 4.79 Å². The number of hydrogen-bond donors (Lipinski definition) is 2. The number of rotatable bonds is 5. The Labute approximate surface area is 208 Å². The van der Waals surface area contributed by atoms with Crippen LogP contribution in [0.3, 0.4) is 0 Å². The molecule has 2 aromatic carbocycles. The molecule has 32 heavy (non-hydrogen) atoms. The maximum atomic E-state index is 13.2. The predicted molar refractivity (Wildman–Crippen MR) is 132 cm³/mol. The number of halogens is 3. The molecule has 0 radical (unpaired) electrons. The molecule has 0 aliphatic heterocycles. The molecule has 2 heterocycles. The average Bonchev–Trinajstić information content (AvgIpc) is 3.40. The fraction of sp³-hybridized carbons (Fsp3) is 0.136. The number of aromatic amines is 2. The van der Waals surface area contributed by atoms with E-state index in [1.165, 1.54) is 20.4 Å². The van der Waals surface area contributed by atoms with Crippen LogP contribution in [0.5, 0.6) is 5.75 Å². The van der Waals surface area contributed by atoms with Crippen molar-refractivity contribution in [2.75, 3.05) is 14.2 Å². The maximum Gasteiger partial charge on any atom is 0.296 e. The fourth-order valence-corrected chi connectivity index (χ4v) is 4.86. The van der Waals surface area contributed by atoms with Crippen molar-refractivity contribution in [3.63, 3.8) is 0 Å². The van der Waals surface area contributed by atoms with Gasteiger partial charge in [-0.05, 0) is 50.1 Å². The summed E-state index contributed by atoms with van der Waals surface area (Å²) in [4.78, 5) is 33.7. The topological polar surface area (TPSA) is 102 Å². The van der Waals surface area contributed by atoms with Crippen LogP contribution in [0, 0.1) is 11.3 Å². The Morgan fingerprint density at radius 1 is 1.16 bits per heavy atom. The summed E-state index contributed by atoms with van der Waals surface area (Å²) in [6.07, 6.45) is 3.16. The fourth-order valence-electron chi connectivity index (χ4n) is 3.67. The summed E-state index contributed by atoms with van der Waals surface area (Å²) in [5.74, 6) is -1.10. The number of likely N-dealkylation sites (N-methyl/N-ethyl adjacent to an activating group) is 1. The van der Waals surface area contributed by atoms with Crippen molar-refractivity contribution in [1.29, 1.82) is 5.26 Å². The van der Waals surface area contributed by atoms with Gasteiger partial charge in [-0.15, -0.1) is 0 Å². The minimum absolute atomic E-state index is 0.168. The number of carbonyl (C=O) groups excluding carboxylic acids is 2. The van der Waals surface area contributed by atoms with Gasteiger partial charge in [0.2, 0.25) is 0 Å². The molecule has 4 rings (SSSR count). The van der Waals surface area contributed by atoms with E-state index in [1.54, 1.807) is 12.3 Å². The van der Waals surface area contributed by atoms with Crippen molar-refractivity contribution < 1.29 is 14.3 Å². The first-order chi connectivity index (χ1) is 15.3. The summed E-state index contributed by atoms with van der Waals surface area (Å²) < 4.78 is 7.76. The van der Waals surface area contributed by atoms with Crippen LogP contribution in [0.25, 0.3) is 21.8 Å². The van der Waals surface area contributed by atoms with Crippen LogP contribution in [0.4, 0.5) is 0 Å². The number of ether oxygens (including phenoxy) is 1. The molecule has 162 valence electrons. The number of carbonyl (C=O) groups is 2. The number of Topliss-reactive ketones (excluding diaryl/α,β-unsaturated/α-hetero) is 1. The van der Waals surface area contributed by atoms with E-state index in [4.69, 9.17) is 4.74 Å². The lowest BCUT2D eigenvalue weighted by Gasteiger charge is -2.22. The summed E-state index contributed by atoms with van der Waals surface area (Å²) in [5.41, 5.74) is 2.22. The quantitative estimate of drug-likeness (QED) is 0.215. The molecule has 0 saturated heterocycles. The Kier molecular flexibility index (Phi) is 6.16. The second-order valence-electron chi connectivity index (χ2n) is 7.04. The van der Waals surface area contributed by atoms with E-state index in [-0.39, 0.29) is 5.56 Å². The summed E-state index contributed by atoms with van der Waals surface area (Å²) in [7, 11) is 2.94. The summed E-state index contributed by atoms with van der Waals surface area (Å²) in [5, 5.41) is 11.1. The highest BCUT2D eigenvalue weighted by Crippen LogP contribution is 2.39. The number of amides is 1. The van der Waals surface area contributed by atoms with Gasteiger partial charge in [-0.3, -0.25) is 9.59 Å². The third-order valence-corrected chi connectivity index (χ3v) is 7.75. The van der Waals surface area contributed by atoms with Crippen LogP contribution >= 0.6 is 47.8 Å². The van der Waals surface area contributed by atoms with E-state index < -0.39 is 17.7 Å². The molecular formula is C22H15Br3N4O3. The lowest BCUT2D eigenvalue weighted by molar-refractivity contribution is -0.126. The number of fused-ring (bicyclic) bond motifs is 2. The van der Waals surface area contributed by atoms with Gasteiger partial charge < -0.3 is 19.6 Å². The zero-order valence-electron chi connectivity index (χ0n) is 16.8. The van der Waals surface area contributed by atoms with E-state index in [1.807, 2.05) is 18.2 Å². The van der Waals surface area contributed by atoms with Gasteiger partial charge in [-0.1, -0.05) is 22.0 Å². The molecular weight excluding hydrogens is 608 g/mol. The zero-order chi connectivity index (χ0) is 23.2. The molecule has 2 aromatic heterocycles. The summed E-state index contributed by atoms with van der Waals surface area (Å²) in [6.45, 7) is 0. The number of nitriles is 1. The maximum absolute atomic E-state index is 13.2. The Balaban J connectivity index is 1.73. The predicted octanol–water partition coefficient (Wildman–Crippen LogP) is 5.85. The van der Waals surface area contributed by atoms with Crippen molar-refractivity contribution in [3.8, 4) is 11.8 Å². The van der Waals surface area contributed by atoms with Gasteiger partial charge in [0.15, 0.2) is 0 Å². The van der Waals surface area contributed by atoms with Gasteiger partial charge >= 0.3 is 0 Å². The average molecular weight is 623 g/mol. The molecule has 1 amide bonds. The van der Waals surface area contributed by atoms with E-state index >= 15 is 0 Å². The molecule has 1 unspecified atom stereocenters. The van der Waals surface area contributed by atoms with Gasteiger partial charge in [0.25, 0.3) is 11.7 Å². The molecule has 0 spiro atoms. The van der Waals surface area contributed by atoms with Crippen molar-refractivity contribution in [3.05, 3.63) is 61.2 Å². The highest BCUT2D eigenvalue weighted by molar-refractivity contribution is 9.13. The van der Waals surface area contributed by atoms with Crippen molar-refractivity contribution >= 4 is 81.3 Å². The molecule has 0 fully saturated rings. The number of ketones is 1. The van der Waals surface area contributed by atoms with Crippen molar-refractivity contribution in [2.45, 2.75) is 6.04 Å². The summed E-state index contributed by atoms with van der Waals surface area (Å²) in [6, 6.07) is 8.51. The van der Waals surface area contributed by atoms with Gasteiger partial charge in [0.1, 0.15) is 11.8 Å². The van der Waals surface area contributed by atoms with Gasteiger partial charge in [0.05, 0.1) is 34.1 Å². The largest absolute Gasteiger partial charge is 0.496 e. The molecule has 4 aromatic rings. The molecule has 10 heteroatoms. The molecule has 0 bridgehead atoms. The minimum atomic E-state index is -0.950. The van der Waals surface area contributed by atoms with E-state index in [0.717, 1.165) is 24.7 Å². The Morgan fingerprint density at radius 3 is 2.59 bits per heavy atom. The monoisotopic (exact) mass is 620 g/mol. The summed E-state index contributed by atoms with van der Waals surface area (Å²) >= 11 is 10.3. The van der Waals surface area contributed by atoms with Gasteiger partial charge in [0, 0.05) is 44.9 Å². The van der Waals surface area contributed by atoms with E-state index in [0.29, 0.717) is 26.7 Å². The van der Waals surface area contributed by atoms with Crippen LogP contribution in [0.2, 0.25) is 0 Å². The van der Waals surface area contributed by atoms with Crippen LogP contribution < -0.4 is 4.74 Å². The van der Waals surface area contributed by atoms with E-state index in [9.17, 15) is 14.9 Å². The number of nitrogens with zero attached hydrogens (tertiary/aromatic N) is 2. The lowest BCUT2D eigenvalue weighted by atomic mass is 10.0. The number of benzene rings is 2. The van der Waals surface area contributed by atoms with Gasteiger partial charge in [-0.25, -0.2) is 0 Å². The Hall–Kier alpha value is -2.61. The smallest absolute Gasteiger partial charge is 0.296 e. The number of hydrogen-bond acceptors (Lipinski definition) is 4. The molecule has 0 aliphatic rings. The minimum Gasteiger partial charge on any atom is -0.496 e. The molecule has 1 atom stereocenters. The van der Waals surface area contributed by atoms with Crippen LogP contribution in [-0.4, -0.2) is 40.7 Å². The highest BCUT2D eigenvalue weighted by Gasteiger charge is 2.31. The first-order valence-electron chi connectivity index (χ1n) is 9.29. The number of H-pyrrole nitrogens is 2. The third kappa shape index (κ3) is 3.64. The van der Waals surface area contributed by atoms with Crippen molar-refractivity contribution in [2.24, 2.45) is 0 Å². The van der Waals surface area contributed by atoms with E-state index in [2.05, 4.69) is 63.8 Å². The van der Waals surface area contributed by atoms with Gasteiger partial charge in [-0.2, -0.15) is 5.26 Å². The molecule has 7 nitrogen and oxygen atoms in total. The normalized spacial score (nSPS) is 12.0. The SMILES string of the molecule is COc1cc(Br)c(Br)c2[nH]cc(C(=O)C(=O)N(C)C(C#N)c3c[nH]c4cc(Br)ccc34)c12. The molecule has 0 saturated carbocycles. The Bertz CT molecular complexity index is 1430. The lowest BCUT2D eigenvalue weighted by Crippen LogP contribution is -2.35. The first-order valence-corrected chi connectivity index (χ1v) is 11.7. The number of aromatic nitrogens is 2. The molecule has 2 N–H and O–H groups in total. The Morgan fingerprint density at radius 2 is 1.91 bits per heavy atom. The second-order valence-corrected chi connectivity index (χ2v) is 9.60. The highest BCUT2D eigenvalue weighted by atomic mass is 79.9. The number of methoxy groups -OCH3 is 1. The molecule has 0 aliphatic carbocycles. The zero-order valence-corrected chi connectivity index (χ0v) is 21.6. The standard InChI is InChI=1S/C22H15Br3N4O3/c1-29(16(7-26)12-8-27-15-5-10(23)3-4-11(12)15)22(31)21(30)13-9-28-20-18(13)17(32-2)6-14(24)19(20)25/h3-6,8-9,16,27-28H,1-2H3. The second kappa shape index (κ2) is 8.73. The number of nitrogens with one attached hydrogen (secondary N) is 2.